The van der Waals surface area contributed by atoms with Crippen LogP contribution in [0.1, 0.15) is 5.56 Å². The highest BCUT2D eigenvalue weighted by molar-refractivity contribution is 5.90. The highest BCUT2D eigenvalue weighted by Crippen LogP contribution is 2.16. The Hall–Kier alpha value is -3.26. The van der Waals surface area contributed by atoms with E-state index in [0.29, 0.717) is 16.6 Å². The van der Waals surface area contributed by atoms with Crippen LogP contribution in [0.4, 0.5) is 11.5 Å². The van der Waals surface area contributed by atoms with Gasteiger partial charge in [0, 0.05) is 26.2 Å². The molecular weight excluding hydrogens is 368 g/mol. The molecule has 2 aromatic heterocycles. The molecule has 1 amide bonds. The maximum Gasteiger partial charge on any atom is 0.261 e. The van der Waals surface area contributed by atoms with Crippen molar-refractivity contribution in [2.24, 2.45) is 0 Å². The molecule has 1 N–H and O–H groups in total. The van der Waals surface area contributed by atoms with Crippen molar-refractivity contribution in [1.29, 1.82) is 0 Å². The molecule has 0 atom stereocenters. The standard InChI is InChI=1S/C21H24N6O2/c1-15-4-3-5-17-20(15)23-14-27(21(17)29)13-19(28)24-16-6-7-18(22-12-16)26-10-8-25(2)9-11-26/h3-7,12,14H,8-11,13H2,1-2H3,(H,24,28). The molecule has 3 aromatic rings. The SMILES string of the molecule is Cc1cccc2c(=O)n(CC(=O)Nc3ccc(N4CCN(C)CC4)nc3)cnc12. The first-order chi connectivity index (χ1) is 14.0. The van der Waals surface area contributed by atoms with E-state index < -0.39 is 0 Å². The monoisotopic (exact) mass is 392 g/mol. The minimum Gasteiger partial charge on any atom is -0.354 e. The van der Waals surface area contributed by atoms with Gasteiger partial charge in [0.25, 0.3) is 5.56 Å². The molecule has 0 saturated carbocycles. The molecule has 1 fully saturated rings. The number of aryl methyl sites for hydroxylation is 1. The van der Waals surface area contributed by atoms with E-state index in [2.05, 4.69) is 32.1 Å². The largest absolute Gasteiger partial charge is 0.354 e. The Labute approximate surface area is 168 Å². The highest BCUT2D eigenvalue weighted by atomic mass is 16.2. The minimum absolute atomic E-state index is 0.101. The van der Waals surface area contributed by atoms with Crippen molar-refractivity contribution in [3.63, 3.8) is 0 Å². The van der Waals surface area contributed by atoms with E-state index in [1.807, 2.05) is 31.2 Å². The summed E-state index contributed by atoms with van der Waals surface area (Å²) >= 11 is 0. The lowest BCUT2D eigenvalue weighted by Crippen LogP contribution is -2.44. The van der Waals surface area contributed by atoms with Crippen LogP contribution in [0, 0.1) is 6.92 Å². The predicted octanol–water partition coefficient (Wildman–Crippen LogP) is 1.49. The third kappa shape index (κ3) is 4.12. The van der Waals surface area contributed by atoms with Gasteiger partial charge in [0.05, 0.1) is 29.1 Å². The zero-order valence-corrected chi connectivity index (χ0v) is 16.6. The maximum absolute atomic E-state index is 12.6. The lowest BCUT2D eigenvalue weighted by atomic mass is 10.1. The molecule has 3 heterocycles. The molecule has 29 heavy (non-hydrogen) atoms. The molecule has 0 radical (unpaired) electrons. The normalized spacial score (nSPS) is 14.9. The average molecular weight is 392 g/mol. The van der Waals surface area contributed by atoms with Crippen LogP contribution in [0.15, 0.2) is 47.7 Å². The van der Waals surface area contributed by atoms with Gasteiger partial charge in [-0.1, -0.05) is 12.1 Å². The summed E-state index contributed by atoms with van der Waals surface area (Å²) in [5.74, 6) is 0.608. The van der Waals surface area contributed by atoms with Crippen LogP contribution in [0.5, 0.6) is 0 Å². The Kier molecular flexibility index (Phi) is 5.26. The number of nitrogens with one attached hydrogen (secondary N) is 1. The first kappa shape index (κ1) is 19.1. The zero-order chi connectivity index (χ0) is 20.4. The number of likely N-dealkylation sites (N-methyl/N-ethyl adjacent to an activating group) is 1. The molecule has 1 aliphatic heterocycles. The molecule has 4 rings (SSSR count). The number of nitrogens with zero attached hydrogens (tertiary/aromatic N) is 5. The Balaban J connectivity index is 1.43. The number of carbonyl (C=O) groups excluding carboxylic acids is 1. The molecule has 8 heteroatoms. The number of pyridine rings is 1. The van der Waals surface area contributed by atoms with Gasteiger partial charge in [-0.2, -0.15) is 0 Å². The second-order valence-corrected chi connectivity index (χ2v) is 7.39. The molecule has 150 valence electrons. The zero-order valence-electron chi connectivity index (χ0n) is 16.6. The fourth-order valence-corrected chi connectivity index (χ4v) is 3.49. The summed E-state index contributed by atoms with van der Waals surface area (Å²) in [6.45, 7) is 5.70. The summed E-state index contributed by atoms with van der Waals surface area (Å²) in [6, 6.07) is 9.20. The van der Waals surface area contributed by atoms with Gasteiger partial charge >= 0.3 is 0 Å². The van der Waals surface area contributed by atoms with Gasteiger partial charge in [-0.15, -0.1) is 0 Å². The van der Waals surface area contributed by atoms with Crippen molar-refractivity contribution < 1.29 is 4.79 Å². The fourth-order valence-electron chi connectivity index (χ4n) is 3.49. The molecule has 0 spiro atoms. The fraction of sp³-hybridized carbons (Fsp3) is 0.333. The van der Waals surface area contributed by atoms with E-state index >= 15 is 0 Å². The van der Waals surface area contributed by atoms with Gasteiger partial charge in [-0.25, -0.2) is 9.97 Å². The number of hydrogen-bond acceptors (Lipinski definition) is 6. The van der Waals surface area contributed by atoms with Crippen LogP contribution in [-0.4, -0.2) is 58.6 Å². The lowest BCUT2D eigenvalue weighted by Gasteiger charge is -2.33. The maximum atomic E-state index is 12.6. The minimum atomic E-state index is -0.296. The first-order valence-corrected chi connectivity index (χ1v) is 9.65. The lowest BCUT2D eigenvalue weighted by molar-refractivity contribution is -0.116. The highest BCUT2D eigenvalue weighted by Gasteiger charge is 2.15. The Morgan fingerprint density at radius 1 is 1.10 bits per heavy atom. The predicted molar refractivity (Wildman–Crippen MR) is 113 cm³/mol. The number of benzene rings is 1. The van der Waals surface area contributed by atoms with Crippen LogP contribution >= 0.6 is 0 Å². The second-order valence-electron chi connectivity index (χ2n) is 7.39. The van der Waals surface area contributed by atoms with Crippen molar-refractivity contribution in [2.45, 2.75) is 13.5 Å². The number of anilines is 2. The van der Waals surface area contributed by atoms with Gasteiger partial charge in [0.2, 0.25) is 5.91 Å². The van der Waals surface area contributed by atoms with E-state index in [9.17, 15) is 9.59 Å². The molecule has 1 aliphatic rings. The molecule has 1 aromatic carbocycles. The Bertz CT molecular complexity index is 1080. The molecular formula is C21H24N6O2. The van der Waals surface area contributed by atoms with Crippen molar-refractivity contribution in [3.05, 3.63) is 58.8 Å². The van der Waals surface area contributed by atoms with Gasteiger partial charge in [-0.05, 0) is 37.7 Å². The summed E-state index contributed by atoms with van der Waals surface area (Å²) in [6.07, 6.45) is 3.07. The van der Waals surface area contributed by atoms with E-state index in [-0.39, 0.29) is 18.0 Å². The molecule has 0 bridgehead atoms. The van der Waals surface area contributed by atoms with Crippen molar-refractivity contribution >= 4 is 28.3 Å². The summed E-state index contributed by atoms with van der Waals surface area (Å²) in [4.78, 5) is 38.4. The van der Waals surface area contributed by atoms with Gasteiger partial charge in [0.15, 0.2) is 0 Å². The van der Waals surface area contributed by atoms with Gasteiger partial charge in [-0.3, -0.25) is 14.2 Å². The van der Waals surface area contributed by atoms with Crippen molar-refractivity contribution in [2.75, 3.05) is 43.4 Å². The topological polar surface area (TPSA) is 83.4 Å². The number of aromatic nitrogens is 3. The second kappa shape index (κ2) is 8.00. The number of amides is 1. The molecule has 0 unspecified atom stereocenters. The summed E-state index contributed by atoms with van der Waals surface area (Å²) in [5.41, 5.74) is 1.98. The van der Waals surface area contributed by atoms with E-state index in [0.717, 1.165) is 37.6 Å². The summed E-state index contributed by atoms with van der Waals surface area (Å²) in [5, 5.41) is 3.31. The van der Waals surface area contributed by atoms with E-state index in [1.165, 1.54) is 10.9 Å². The number of carbonyl (C=O) groups is 1. The molecule has 0 aliphatic carbocycles. The van der Waals surface area contributed by atoms with Crippen LogP contribution in [0.3, 0.4) is 0 Å². The third-order valence-electron chi connectivity index (χ3n) is 5.23. The quantitative estimate of drug-likeness (QED) is 0.724. The smallest absolute Gasteiger partial charge is 0.261 e. The van der Waals surface area contributed by atoms with E-state index in [1.54, 1.807) is 12.3 Å². The van der Waals surface area contributed by atoms with E-state index in [4.69, 9.17) is 0 Å². The van der Waals surface area contributed by atoms with Gasteiger partial charge in [0.1, 0.15) is 12.4 Å². The van der Waals surface area contributed by atoms with Crippen LogP contribution in [-0.2, 0) is 11.3 Å². The Morgan fingerprint density at radius 3 is 2.62 bits per heavy atom. The van der Waals surface area contributed by atoms with Crippen molar-refractivity contribution in [3.8, 4) is 0 Å². The molecule has 8 nitrogen and oxygen atoms in total. The first-order valence-electron chi connectivity index (χ1n) is 9.65. The third-order valence-corrected chi connectivity index (χ3v) is 5.23. The van der Waals surface area contributed by atoms with Crippen LogP contribution in [0.2, 0.25) is 0 Å². The summed E-state index contributed by atoms with van der Waals surface area (Å²) in [7, 11) is 2.11. The summed E-state index contributed by atoms with van der Waals surface area (Å²) < 4.78 is 1.32. The van der Waals surface area contributed by atoms with Crippen molar-refractivity contribution in [1.82, 2.24) is 19.4 Å². The number of piperazine rings is 1. The number of rotatable bonds is 4. The number of hydrogen-bond donors (Lipinski definition) is 1. The Morgan fingerprint density at radius 2 is 1.90 bits per heavy atom. The van der Waals surface area contributed by atoms with Gasteiger partial charge < -0.3 is 15.1 Å². The molecule has 1 saturated heterocycles. The average Bonchev–Trinajstić information content (AvgIpc) is 2.72. The number of fused-ring (bicyclic) bond motifs is 1. The van der Waals surface area contributed by atoms with Crippen LogP contribution < -0.4 is 15.8 Å². The number of para-hydroxylation sites is 1. The van der Waals surface area contributed by atoms with Crippen LogP contribution in [0.25, 0.3) is 10.9 Å².